The summed E-state index contributed by atoms with van der Waals surface area (Å²) in [7, 11) is 0. The quantitative estimate of drug-likeness (QED) is 0.296. The Labute approximate surface area is 213 Å². The monoisotopic (exact) mass is 506 g/mol. The first-order chi connectivity index (χ1) is 16.1. The number of hydrogen-bond donors (Lipinski definition) is 0. The summed E-state index contributed by atoms with van der Waals surface area (Å²) in [5, 5.41) is 1.06. The van der Waals surface area contributed by atoms with Crippen molar-refractivity contribution in [2.24, 2.45) is 10.4 Å². The second-order valence-electron chi connectivity index (χ2n) is 9.82. The van der Waals surface area contributed by atoms with Crippen LogP contribution < -0.4 is 0 Å². The SMILES string of the molecule is CC(C)c1ccccc1N=C1SCC2(CCCCC2)CN1C(=S)SCCOC1CCCCO1. The summed E-state index contributed by atoms with van der Waals surface area (Å²) in [5.74, 6) is 2.45. The molecule has 1 aromatic rings. The van der Waals surface area contributed by atoms with Crippen LogP contribution in [0.5, 0.6) is 0 Å². The number of ether oxygens (including phenoxy) is 2. The third-order valence-corrected chi connectivity index (χ3v) is 9.63. The van der Waals surface area contributed by atoms with Gasteiger partial charge < -0.3 is 14.4 Å². The lowest BCUT2D eigenvalue weighted by atomic mass is 9.75. The Hall–Kier alpha value is -0.600. The molecule has 2 saturated heterocycles. The van der Waals surface area contributed by atoms with Crippen LogP contribution in [0.2, 0.25) is 0 Å². The molecular formula is C26H38N2O2S3. The molecule has 1 aromatic carbocycles. The number of aliphatic imine (C=N–C) groups is 1. The largest absolute Gasteiger partial charge is 0.353 e. The molecule has 33 heavy (non-hydrogen) atoms. The van der Waals surface area contributed by atoms with Crippen molar-refractivity contribution in [1.29, 1.82) is 0 Å². The zero-order chi connectivity index (χ0) is 23.1. The van der Waals surface area contributed by atoms with E-state index in [1.54, 1.807) is 11.8 Å². The van der Waals surface area contributed by atoms with Crippen molar-refractivity contribution in [3.05, 3.63) is 29.8 Å². The Kier molecular flexibility index (Phi) is 9.57. The van der Waals surface area contributed by atoms with Crippen LogP contribution in [0.15, 0.2) is 29.3 Å². The van der Waals surface area contributed by atoms with Crippen LogP contribution in [0, 0.1) is 5.41 Å². The van der Waals surface area contributed by atoms with Gasteiger partial charge in [0.1, 0.15) is 4.32 Å². The molecule has 2 aliphatic heterocycles. The first-order valence-corrected chi connectivity index (χ1v) is 14.9. The molecule has 2 heterocycles. The van der Waals surface area contributed by atoms with Crippen molar-refractivity contribution >= 4 is 50.9 Å². The Morgan fingerprint density at radius 2 is 2.06 bits per heavy atom. The minimum absolute atomic E-state index is 0.0337. The van der Waals surface area contributed by atoms with E-state index in [4.69, 9.17) is 26.7 Å². The molecule has 0 bridgehead atoms. The van der Waals surface area contributed by atoms with Gasteiger partial charge in [0.05, 0.1) is 12.3 Å². The van der Waals surface area contributed by atoms with Crippen LogP contribution in [-0.2, 0) is 9.47 Å². The molecule has 0 radical (unpaired) electrons. The maximum Gasteiger partial charge on any atom is 0.169 e. The molecule has 0 amide bonds. The molecule has 182 valence electrons. The number of hydrogen-bond acceptors (Lipinski definition) is 6. The molecule has 3 fully saturated rings. The molecule has 3 aliphatic rings. The van der Waals surface area contributed by atoms with Crippen LogP contribution in [0.1, 0.15) is 76.7 Å². The van der Waals surface area contributed by atoms with Gasteiger partial charge >= 0.3 is 0 Å². The molecule has 1 atom stereocenters. The van der Waals surface area contributed by atoms with Crippen LogP contribution in [0.3, 0.4) is 0 Å². The molecule has 1 saturated carbocycles. The second kappa shape index (κ2) is 12.4. The summed E-state index contributed by atoms with van der Waals surface area (Å²) in [6, 6.07) is 8.53. The van der Waals surface area contributed by atoms with Gasteiger partial charge in [0.25, 0.3) is 0 Å². The lowest BCUT2D eigenvalue weighted by molar-refractivity contribution is -0.158. The number of thioether (sulfide) groups is 2. The fraction of sp³-hybridized carbons (Fsp3) is 0.692. The van der Waals surface area contributed by atoms with E-state index < -0.39 is 0 Å². The number of amidine groups is 1. The van der Waals surface area contributed by atoms with E-state index in [2.05, 4.69) is 43.0 Å². The Morgan fingerprint density at radius 1 is 1.24 bits per heavy atom. The van der Waals surface area contributed by atoms with E-state index in [0.29, 0.717) is 17.9 Å². The van der Waals surface area contributed by atoms with Gasteiger partial charge in [-0.15, -0.1) is 0 Å². The topological polar surface area (TPSA) is 34.1 Å². The average Bonchev–Trinajstić information content (AvgIpc) is 2.84. The maximum absolute atomic E-state index is 5.98. The molecular weight excluding hydrogens is 468 g/mol. The Morgan fingerprint density at radius 3 is 2.82 bits per heavy atom. The van der Waals surface area contributed by atoms with Crippen molar-refractivity contribution in [2.45, 2.75) is 77.4 Å². The van der Waals surface area contributed by atoms with Crippen LogP contribution in [-0.4, -0.2) is 51.9 Å². The zero-order valence-electron chi connectivity index (χ0n) is 20.1. The molecule has 4 rings (SSSR count). The first kappa shape index (κ1) is 25.5. The summed E-state index contributed by atoms with van der Waals surface area (Å²) in [5.41, 5.74) is 2.74. The first-order valence-electron chi connectivity index (χ1n) is 12.5. The fourth-order valence-electron chi connectivity index (χ4n) is 4.99. The number of rotatable bonds is 6. The Bertz CT molecular complexity index is 818. The molecule has 0 N–H and O–H groups in total. The van der Waals surface area contributed by atoms with Gasteiger partial charge in [-0.1, -0.05) is 87.1 Å². The predicted molar refractivity (Wildman–Crippen MR) is 147 cm³/mol. The Balaban J connectivity index is 1.45. The summed E-state index contributed by atoms with van der Waals surface area (Å²) in [4.78, 5) is 7.52. The molecule has 1 unspecified atom stereocenters. The molecule has 7 heteroatoms. The van der Waals surface area contributed by atoms with Crippen LogP contribution in [0.4, 0.5) is 5.69 Å². The molecule has 4 nitrogen and oxygen atoms in total. The van der Waals surface area contributed by atoms with E-state index in [0.717, 1.165) is 52.7 Å². The van der Waals surface area contributed by atoms with Gasteiger partial charge in [0, 0.05) is 24.7 Å². The van der Waals surface area contributed by atoms with Crippen LogP contribution >= 0.6 is 35.7 Å². The summed E-state index contributed by atoms with van der Waals surface area (Å²) in [6.07, 6.45) is 9.98. The third kappa shape index (κ3) is 6.97. The van der Waals surface area contributed by atoms with Gasteiger partial charge in [-0.3, -0.25) is 0 Å². The van der Waals surface area contributed by atoms with E-state index >= 15 is 0 Å². The van der Waals surface area contributed by atoms with Crippen molar-refractivity contribution in [2.75, 3.05) is 31.3 Å². The van der Waals surface area contributed by atoms with E-state index in [-0.39, 0.29) is 6.29 Å². The number of thiocarbonyl (C=S) groups is 1. The van der Waals surface area contributed by atoms with Crippen molar-refractivity contribution in [1.82, 2.24) is 4.90 Å². The predicted octanol–water partition coefficient (Wildman–Crippen LogP) is 7.36. The summed E-state index contributed by atoms with van der Waals surface area (Å²) >= 11 is 9.61. The van der Waals surface area contributed by atoms with Crippen molar-refractivity contribution in [3.63, 3.8) is 0 Å². The highest BCUT2D eigenvalue weighted by Gasteiger charge is 2.40. The highest BCUT2D eigenvalue weighted by Crippen LogP contribution is 2.45. The minimum Gasteiger partial charge on any atom is -0.353 e. The van der Waals surface area contributed by atoms with Gasteiger partial charge in [0.15, 0.2) is 11.5 Å². The molecule has 0 aromatic heterocycles. The van der Waals surface area contributed by atoms with Crippen LogP contribution in [0.25, 0.3) is 0 Å². The van der Waals surface area contributed by atoms with E-state index in [1.807, 2.05) is 11.8 Å². The number of benzene rings is 1. The standard InChI is InChI=1S/C26H38N2O2S3/c1-20(2)21-10-4-5-11-22(21)27-24-28(18-26(19-33-24)13-7-3-8-14-26)25(31)32-17-16-30-23-12-6-9-15-29-23/h4-5,10-11,20,23H,3,6-9,12-19H2,1-2H3. The average molecular weight is 507 g/mol. The van der Waals surface area contributed by atoms with E-state index in [9.17, 15) is 0 Å². The number of nitrogens with zero attached hydrogens (tertiary/aromatic N) is 2. The third-order valence-electron chi connectivity index (χ3n) is 6.89. The van der Waals surface area contributed by atoms with Gasteiger partial charge in [-0.25, -0.2) is 4.99 Å². The van der Waals surface area contributed by atoms with E-state index in [1.165, 1.54) is 44.1 Å². The number of para-hydroxylation sites is 1. The maximum atomic E-state index is 5.98. The van der Waals surface area contributed by atoms with Gasteiger partial charge in [0.2, 0.25) is 0 Å². The normalized spacial score (nSPS) is 24.5. The lowest BCUT2D eigenvalue weighted by Crippen LogP contribution is -2.49. The lowest BCUT2D eigenvalue weighted by Gasteiger charge is -2.45. The van der Waals surface area contributed by atoms with Gasteiger partial charge in [-0.05, 0) is 55.1 Å². The fourth-order valence-corrected chi connectivity index (χ4v) is 7.46. The highest BCUT2D eigenvalue weighted by atomic mass is 32.2. The zero-order valence-corrected chi connectivity index (χ0v) is 22.5. The highest BCUT2D eigenvalue weighted by molar-refractivity contribution is 8.23. The van der Waals surface area contributed by atoms with Gasteiger partial charge in [-0.2, -0.15) is 0 Å². The molecule has 1 aliphatic carbocycles. The second-order valence-corrected chi connectivity index (χ2v) is 12.5. The smallest absolute Gasteiger partial charge is 0.169 e. The summed E-state index contributed by atoms with van der Waals surface area (Å²) < 4.78 is 12.6. The minimum atomic E-state index is -0.0337. The summed E-state index contributed by atoms with van der Waals surface area (Å²) in [6.45, 7) is 6.96. The van der Waals surface area contributed by atoms with Crippen molar-refractivity contribution in [3.8, 4) is 0 Å². The van der Waals surface area contributed by atoms with Crippen molar-refractivity contribution < 1.29 is 9.47 Å². The molecule has 1 spiro atoms.